The summed E-state index contributed by atoms with van der Waals surface area (Å²) in [5, 5.41) is 19.5. The smallest absolute Gasteiger partial charge is 0.409 e. The van der Waals surface area contributed by atoms with Crippen LogP contribution in [0.25, 0.3) is 6.08 Å². The lowest BCUT2D eigenvalue weighted by Gasteiger charge is -2.30. The molecule has 2 aromatic rings. The van der Waals surface area contributed by atoms with Gasteiger partial charge in [0.05, 0.1) is 18.3 Å². The highest BCUT2D eigenvalue weighted by Gasteiger charge is 2.28. The van der Waals surface area contributed by atoms with Crippen LogP contribution in [0.2, 0.25) is 0 Å². The van der Waals surface area contributed by atoms with Gasteiger partial charge in [-0.05, 0) is 67.4 Å². The minimum atomic E-state index is -0.473. The van der Waals surface area contributed by atoms with Crippen molar-refractivity contribution in [3.63, 3.8) is 0 Å². The van der Waals surface area contributed by atoms with Gasteiger partial charge in [-0.3, -0.25) is 9.78 Å². The minimum absolute atomic E-state index is 0.0526. The Morgan fingerprint density at radius 3 is 3.03 bits per heavy atom. The number of piperidine rings is 1. The molecular formula is C25H27N3O4S. The summed E-state index contributed by atoms with van der Waals surface area (Å²) < 4.78 is 5.53. The van der Waals surface area contributed by atoms with Crippen molar-refractivity contribution in [3.05, 3.63) is 57.0 Å². The molecule has 33 heavy (non-hydrogen) atoms. The normalized spacial score (nSPS) is 20.3. The van der Waals surface area contributed by atoms with Crippen LogP contribution in [0.5, 0.6) is 0 Å². The van der Waals surface area contributed by atoms with Crippen molar-refractivity contribution in [1.82, 2.24) is 9.88 Å². The highest BCUT2D eigenvalue weighted by Crippen LogP contribution is 2.36. The first kappa shape index (κ1) is 23.1. The van der Waals surface area contributed by atoms with Crippen molar-refractivity contribution in [2.45, 2.75) is 44.6 Å². The number of ether oxygens (including phenoxy) is 1. The predicted octanol–water partition coefficient (Wildman–Crippen LogP) is 3.54. The Morgan fingerprint density at radius 1 is 1.39 bits per heavy atom. The first-order valence-corrected chi connectivity index (χ1v) is 12.1. The van der Waals surface area contributed by atoms with Crippen molar-refractivity contribution < 1.29 is 19.4 Å². The zero-order chi connectivity index (χ0) is 23.2. The monoisotopic (exact) mass is 465 g/mol. The first-order chi connectivity index (χ1) is 16.0. The fourth-order valence-corrected chi connectivity index (χ4v) is 5.82. The fraction of sp³-hybridized carbons (Fsp3) is 0.440. The number of rotatable bonds is 6. The van der Waals surface area contributed by atoms with E-state index in [0.29, 0.717) is 25.3 Å². The number of amides is 1. The van der Waals surface area contributed by atoms with E-state index in [4.69, 9.17) is 4.74 Å². The zero-order valence-electron chi connectivity index (χ0n) is 18.4. The summed E-state index contributed by atoms with van der Waals surface area (Å²) in [6.45, 7) is 1.28. The van der Waals surface area contributed by atoms with E-state index in [1.807, 2.05) is 12.1 Å². The molecular weight excluding hydrogens is 438 g/mol. The van der Waals surface area contributed by atoms with E-state index in [1.54, 1.807) is 23.4 Å². The van der Waals surface area contributed by atoms with E-state index < -0.39 is 6.10 Å². The molecule has 0 unspecified atom stereocenters. The lowest BCUT2D eigenvalue weighted by atomic mass is 9.87. The number of pyridine rings is 1. The molecule has 3 heterocycles. The van der Waals surface area contributed by atoms with Crippen molar-refractivity contribution in [2.24, 2.45) is 5.92 Å². The van der Waals surface area contributed by atoms with Crippen LogP contribution in [0.15, 0.2) is 30.6 Å². The first-order valence-electron chi connectivity index (χ1n) is 11.3. The molecule has 2 aliphatic rings. The van der Waals surface area contributed by atoms with Crippen molar-refractivity contribution >= 4 is 29.3 Å². The molecule has 1 aliphatic heterocycles. The molecule has 1 fully saturated rings. The number of aromatic nitrogens is 1. The third kappa shape index (κ3) is 5.86. The zero-order valence-corrected chi connectivity index (χ0v) is 19.2. The highest BCUT2D eigenvalue weighted by atomic mass is 32.1. The molecule has 1 saturated heterocycles. The van der Waals surface area contributed by atoms with Crippen molar-refractivity contribution in [2.75, 3.05) is 19.7 Å². The maximum atomic E-state index is 12.5. The molecule has 1 N–H and O–H groups in total. The largest absolute Gasteiger partial charge is 0.449 e. The molecule has 4 rings (SSSR count). The maximum Gasteiger partial charge on any atom is 0.409 e. The molecule has 0 saturated carbocycles. The van der Waals surface area contributed by atoms with E-state index in [1.165, 1.54) is 17.4 Å². The summed E-state index contributed by atoms with van der Waals surface area (Å²) in [5.74, 6) is 0.138. The summed E-state index contributed by atoms with van der Waals surface area (Å²) in [5.41, 5.74) is 2.53. The third-order valence-corrected chi connectivity index (χ3v) is 7.38. The van der Waals surface area contributed by atoms with E-state index in [0.717, 1.165) is 53.0 Å². The van der Waals surface area contributed by atoms with Gasteiger partial charge in [0.1, 0.15) is 6.07 Å². The minimum Gasteiger partial charge on any atom is -0.449 e. The van der Waals surface area contributed by atoms with E-state index in [2.05, 4.69) is 11.1 Å². The van der Waals surface area contributed by atoms with E-state index >= 15 is 0 Å². The van der Waals surface area contributed by atoms with Crippen LogP contribution in [0.4, 0.5) is 4.79 Å². The second kappa shape index (κ2) is 10.7. The topological polar surface area (TPSA) is 104 Å². The highest BCUT2D eigenvalue weighted by molar-refractivity contribution is 7.12. The van der Waals surface area contributed by atoms with Crippen LogP contribution in [0.1, 0.15) is 45.7 Å². The number of thiophene rings is 1. The molecule has 0 radical (unpaired) electrons. The second-order valence-corrected chi connectivity index (χ2v) is 9.79. The summed E-state index contributed by atoms with van der Waals surface area (Å²) in [7, 11) is 0. The number of carbonyl (C=O) groups is 2. The number of nitrogens with zero attached hydrogens (tertiary/aromatic N) is 3. The van der Waals surface area contributed by atoms with Gasteiger partial charge in [0.25, 0.3) is 0 Å². The fourth-order valence-electron chi connectivity index (χ4n) is 4.39. The molecule has 1 amide bonds. The Hall–Kier alpha value is -3.02. The number of hydrogen-bond donors (Lipinski definition) is 1. The third-order valence-electron chi connectivity index (χ3n) is 6.13. The predicted molar refractivity (Wildman–Crippen MR) is 125 cm³/mol. The lowest BCUT2D eigenvalue weighted by molar-refractivity contribution is -0.113. The van der Waals surface area contributed by atoms with Crippen LogP contribution in [-0.4, -0.2) is 52.7 Å². The van der Waals surface area contributed by atoms with Crippen molar-refractivity contribution in [3.8, 4) is 6.07 Å². The van der Waals surface area contributed by atoms with Crippen LogP contribution in [0, 0.1) is 17.2 Å². The van der Waals surface area contributed by atoms with Gasteiger partial charge in [0.15, 0.2) is 5.78 Å². The summed E-state index contributed by atoms with van der Waals surface area (Å²) in [4.78, 5) is 32.3. The van der Waals surface area contributed by atoms with E-state index in [-0.39, 0.29) is 24.2 Å². The van der Waals surface area contributed by atoms with Gasteiger partial charge >= 0.3 is 6.09 Å². The Morgan fingerprint density at radius 2 is 2.27 bits per heavy atom. The average Bonchev–Trinajstić information content (AvgIpc) is 3.17. The Balaban J connectivity index is 1.35. The number of β-amino-alcohol motifs (C(OH)–C–C–N with tert-alkyl or cyclic N) is 1. The number of ketones is 1. The number of allylic oxidation sites excluding steroid dienone is 1. The summed E-state index contributed by atoms with van der Waals surface area (Å²) >= 11 is 1.53. The molecule has 0 bridgehead atoms. The molecule has 8 heteroatoms. The molecule has 2 atom stereocenters. The number of nitriles is 1. The average molecular weight is 466 g/mol. The van der Waals surface area contributed by atoms with Gasteiger partial charge in [0, 0.05) is 41.7 Å². The number of hydrogen-bond acceptors (Lipinski definition) is 7. The number of likely N-dealkylation sites (tertiary alicyclic amines) is 1. The van der Waals surface area contributed by atoms with Gasteiger partial charge < -0.3 is 14.7 Å². The summed E-state index contributed by atoms with van der Waals surface area (Å²) in [6, 6.07) is 5.99. The second-order valence-electron chi connectivity index (χ2n) is 8.60. The number of aliphatic hydroxyl groups is 1. The molecule has 1 aliphatic carbocycles. The number of fused-ring (bicyclic) bond motifs is 1. The van der Waals surface area contributed by atoms with Crippen LogP contribution in [0.3, 0.4) is 0 Å². The Kier molecular flexibility index (Phi) is 7.53. The van der Waals surface area contributed by atoms with Gasteiger partial charge in [-0.2, -0.15) is 5.26 Å². The Labute approximate surface area is 197 Å². The molecule has 0 aromatic carbocycles. The quantitative estimate of drug-likeness (QED) is 0.655. The van der Waals surface area contributed by atoms with Crippen LogP contribution < -0.4 is 0 Å². The van der Waals surface area contributed by atoms with Crippen LogP contribution >= 0.6 is 11.3 Å². The molecule has 0 spiro atoms. The van der Waals surface area contributed by atoms with E-state index in [9.17, 15) is 20.0 Å². The standard InChI is InChI=1S/C25H27N3O4S/c26-13-22-21-8-6-18(16-32-25(31)28-10-2-4-20(30)15-28)11-23(21)33-24(22)12-19(29)7-5-17-3-1-9-27-14-17/h1,3,5,7,9,14,18,20,30H,2,4,6,8,10-12,15-16H2/b7-5+/t18-,20-/m1/s1. The SMILES string of the molecule is N#Cc1c(CC(=O)/C=C/c2cccnc2)sc2c1CC[C@@H](COC(=O)N1CCC[C@@H](O)C1)C2. The Bertz CT molecular complexity index is 1070. The lowest BCUT2D eigenvalue weighted by Crippen LogP contribution is -2.42. The molecule has 7 nitrogen and oxygen atoms in total. The molecule has 172 valence electrons. The molecule has 2 aromatic heterocycles. The maximum absolute atomic E-state index is 12.5. The summed E-state index contributed by atoms with van der Waals surface area (Å²) in [6.07, 6.45) is 9.84. The van der Waals surface area contributed by atoms with Crippen LogP contribution in [-0.2, 0) is 28.8 Å². The number of carbonyl (C=O) groups excluding carboxylic acids is 2. The van der Waals surface area contributed by atoms with Gasteiger partial charge in [-0.1, -0.05) is 6.07 Å². The van der Waals surface area contributed by atoms with Gasteiger partial charge in [0.2, 0.25) is 0 Å². The van der Waals surface area contributed by atoms with Gasteiger partial charge in [-0.15, -0.1) is 11.3 Å². The van der Waals surface area contributed by atoms with Gasteiger partial charge in [-0.25, -0.2) is 4.79 Å². The van der Waals surface area contributed by atoms with Crippen molar-refractivity contribution in [1.29, 1.82) is 5.26 Å². The number of aliphatic hydroxyl groups excluding tert-OH is 1.